The molecule has 0 aromatic carbocycles. The zero-order valence-electron chi connectivity index (χ0n) is 14.5. The van der Waals surface area contributed by atoms with Gasteiger partial charge in [0, 0.05) is 32.4 Å². The third-order valence-corrected chi connectivity index (χ3v) is 5.95. The molecule has 2 saturated heterocycles. The van der Waals surface area contributed by atoms with Crippen LogP contribution in [0.25, 0.3) is 0 Å². The Hall–Kier alpha value is -1.89. The number of aliphatic carboxylic acids is 1. The van der Waals surface area contributed by atoms with Crippen LogP contribution in [0.3, 0.4) is 0 Å². The van der Waals surface area contributed by atoms with Crippen LogP contribution in [0, 0.1) is 11.3 Å². The van der Waals surface area contributed by atoms with Crippen LogP contribution < -0.4 is 9.80 Å². The number of piperidine rings is 1. The van der Waals surface area contributed by atoms with Crippen molar-refractivity contribution >= 4 is 17.7 Å². The number of hydrogen-bond acceptors (Lipinski definition) is 6. The number of rotatable bonds is 5. The minimum Gasteiger partial charge on any atom is -0.481 e. The topological polar surface area (TPSA) is 89.8 Å². The van der Waals surface area contributed by atoms with Crippen LogP contribution in [0.5, 0.6) is 0 Å². The van der Waals surface area contributed by atoms with E-state index in [0.29, 0.717) is 44.3 Å². The molecule has 3 heterocycles. The van der Waals surface area contributed by atoms with Crippen molar-refractivity contribution in [2.24, 2.45) is 11.3 Å². The summed E-state index contributed by atoms with van der Waals surface area (Å²) >= 11 is 0. The summed E-state index contributed by atoms with van der Waals surface area (Å²) in [5.74, 6) is 1.49. The molecule has 0 bridgehead atoms. The third kappa shape index (κ3) is 3.42. The van der Waals surface area contributed by atoms with Crippen LogP contribution in [-0.4, -0.2) is 58.4 Å². The van der Waals surface area contributed by atoms with Crippen LogP contribution in [-0.2, 0) is 4.79 Å². The Balaban J connectivity index is 1.44. The number of β-amino-alcohol motifs (C(OH)–C–C–N with tert-alkyl or cyclic N) is 1. The van der Waals surface area contributed by atoms with Gasteiger partial charge in [-0.15, -0.1) is 0 Å². The highest BCUT2D eigenvalue weighted by Gasteiger charge is 2.45. The Morgan fingerprint density at radius 3 is 2.56 bits per heavy atom. The second kappa shape index (κ2) is 6.44. The number of hydrogen-bond donors (Lipinski definition) is 2. The van der Waals surface area contributed by atoms with Gasteiger partial charge in [-0.05, 0) is 37.7 Å². The lowest BCUT2D eigenvalue weighted by atomic mass is 9.74. The molecule has 1 aliphatic carbocycles. The van der Waals surface area contributed by atoms with Crippen molar-refractivity contribution in [1.29, 1.82) is 0 Å². The average molecular weight is 346 g/mol. The first-order valence-corrected chi connectivity index (χ1v) is 9.30. The largest absolute Gasteiger partial charge is 0.481 e. The van der Waals surface area contributed by atoms with E-state index in [1.165, 1.54) is 12.8 Å². The van der Waals surface area contributed by atoms with E-state index >= 15 is 0 Å². The summed E-state index contributed by atoms with van der Waals surface area (Å²) in [6, 6.07) is 1.88. The molecule has 4 rings (SSSR count). The van der Waals surface area contributed by atoms with E-state index in [2.05, 4.69) is 19.8 Å². The van der Waals surface area contributed by atoms with Crippen LogP contribution >= 0.6 is 0 Å². The van der Waals surface area contributed by atoms with Crippen molar-refractivity contribution in [3.8, 4) is 0 Å². The minimum atomic E-state index is -0.639. The van der Waals surface area contributed by atoms with E-state index in [9.17, 15) is 15.0 Å². The molecule has 1 saturated carbocycles. The lowest BCUT2D eigenvalue weighted by Gasteiger charge is -2.39. The fraction of sp³-hybridized carbons (Fsp3) is 0.722. The van der Waals surface area contributed by atoms with Gasteiger partial charge in [0.2, 0.25) is 5.95 Å². The van der Waals surface area contributed by atoms with E-state index in [1.54, 1.807) is 6.20 Å². The van der Waals surface area contributed by atoms with Crippen molar-refractivity contribution in [2.45, 2.75) is 44.6 Å². The normalized spacial score (nSPS) is 26.0. The monoisotopic (exact) mass is 346 g/mol. The molecule has 0 amide bonds. The second-order valence-corrected chi connectivity index (χ2v) is 7.82. The lowest BCUT2D eigenvalue weighted by Crippen LogP contribution is -2.45. The van der Waals surface area contributed by atoms with E-state index < -0.39 is 11.4 Å². The molecule has 1 aromatic rings. The van der Waals surface area contributed by atoms with E-state index in [4.69, 9.17) is 0 Å². The molecule has 136 valence electrons. The fourth-order valence-electron chi connectivity index (χ4n) is 4.13. The van der Waals surface area contributed by atoms with Crippen molar-refractivity contribution in [3.63, 3.8) is 0 Å². The number of aliphatic hydroxyl groups excluding tert-OH is 1. The first kappa shape index (κ1) is 16.6. The molecular weight excluding hydrogens is 320 g/mol. The number of aliphatic hydroxyl groups is 1. The van der Waals surface area contributed by atoms with Gasteiger partial charge in [-0.2, -0.15) is 4.98 Å². The molecular formula is C18H26N4O3. The number of carbonyl (C=O) groups is 1. The number of anilines is 2. The molecule has 0 spiro atoms. The molecule has 7 heteroatoms. The van der Waals surface area contributed by atoms with Gasteiger partial charge >= 0.3 is 5.97 Å². The zero-order chi connectivity index (χ0) is 17.4. The molecule has 0 radical (unpaired) electrons. The smallest absolute Gasteiger partial charge is 0.309 e. The van der Waals surface area contributed by atoms with Crippen molar-refractivity contribution < 1.29 is 15.0 Å². The van der Waals surface area contributed by atoms with E-state index in [1.807, 2.05) is 6.07 Å². The maximum atomic E-state index is 11.9. The predicted octanol–water partition coefficient (Wildman–Crippen LogP) is 1.52. The summed E-state index contributed by atoms with van der Waals surface area (Å²) < 4.78 is 0. The summed E-state index contributed by atoms with van der Waals surface area (Å²) in [6.45, 7) is 2.79. The maximum Gasteiger partial charge on any atom is 0.309 e. The third-order valence-electron chi connectivity index (χ3n) is 5.95. The van der Waals surface area contributed by atoms with Gasteiger partial charge in [0.05, 0.1) is 11.5 Å². The molecule has 3 fully saturated rings. The fourth-order valence-corrected chi connectivity index (χ4v) is 4.13. The Kier molecular flexibility index (Phi) is 4.27. The summed E-state index contributed by atoms with van der Waals surface area (Å²) in [5, 5.41) is 19.5. The van der Waals surface area contributed by atoms with E-state index in [0.717, 1.165) is 25.2 Å². The maximum absolute atomic E-state index is 11.9. The molecule has 1 atom stereocenters. The minimum absolute atomic E-state index is 0.285. The van der Waals surface area contributed by atoms with Gasteiger partial charge in [0.25, 0.3) is 0 Å². The van der Waals surface area contributed by atoms with Crippen LogP contribution in [0.15, 0.2) is 12.3 Å². The highest BCUT2D eigenvalue weighted by Crippen LogP contribution is 2.46. The van der Waals surface area contributed by atoms with Gasteiger partial charge < -0.3 is 20.0 Å². The van der Waals surface area contributed by atoms with Gasteiger partial charge in [0.1, 0.15) is 5.82 Å². The zero-order valence-corrected chi connectivity index (χ0v) is 14.5. The van der Waals surface area contributed by atoms with E-state index in [-0.39, 0.29) is 6.10 Å². The highest BCUT2D eigenvalue weighted by atomic mass is 16.4. The molecule has 1 aromatic heterocycles. The standard InChI is InChI=1S/C18H26N4O3/c23-14-4-8-22(12-14)15-3-7-19-17(20-15)21-9-5-18(6-10-21,16(24)25)11-13-1-2-13/h3,7,13-14,23H,1-2,4-6,8-12H2,(H,24,25)/t14-/m0/s1. The number of carboxylic acid groups (broad SMARTS) is 1. The number of carboxylic acids is 1. The summed E-state index contributed by atoms with van der Waals surface area (Å²) in [4.78, 5) is 25.1. The number of aromatic nitrogens is 2. The van der Waals surface area contributed by atoms with Gasteiger partial charge in [-0.1, -0.05) is 12.8 Å². The van der Waals surface area contributed by atoms with Crippen LogP contribution in [0.4, 0.5) is 11.8 Å². The Bertz CT molecular complexity index is 641. The second-order valence-electron chi connectivity index (χ2n) is 7.82. The summed E-state index contributed by atoms with van der Waals surface area (Å²) in [7, 11) is 0. The first-order chi connectivity index (χ1) is 12.1. The Morgan fingerprint density at radius 2 is 1.96 bits per heavy atom. The number of nitrogens with zero attached hydrogens (tertiary/aromatic N) is 4. The quantitative estimate of drug-likeness (QED) is 0.835. The first-order valence-electron chi connectivity index (χ1n) is 9.30. The SMILES string of the molecule is O=C(O)C1(CC2CC2)CCN(c2nccc(N3CC[C@H](O)C3)n2)CC1. The van der Waals surface area contributed by atoms with Gasteiger partial charge in [-0.25, -0.2) is 4.98 Å². The summed E-state index contributed by atoms with van der Waals surface area (Å²) in [5.41, 5.74) is -0.561. The molecule has 2 aliphatic heterocycles. The molecule has 2 N–H and O–H groups in total. The molecule has 7 nitrogen and oxygen atoms in total. The average Bonchev–Trinajstić information content (AvgIpc) is 3.32. The van der Waals surface area contributed by atoms with Crippen molar-refractivity contribution in [2.75, 3.05) is 36.0 Å². The lowest BCUT2D eigenvalue weighted by molar-refractivity contribution is -0.151. The Labute approximate surface area is 147 Å². The van der Waals surface area contributed by atoms with Gasteiger partial charge in [-0.3, -0.25) is 4.79 Å². The van der Waals surface area contributed by atoms with Gasteiger partial charge in [0.15, 0.2) is 0 Å². The molecule has 3 aliphatic rings. The summed E-state index contributed by atoms with van der Waals surface area (Å²) in [6.07, 6.45) is 6.76. The van der Waals surface area contributed by atoms with Crippen molar-refractivity contribution in [1.82, 2.24) is 9.97 Å². The van der Waals surface area contributed by atoms with Crippen molar-refractivity contribution in [3.05, 3.63) is 12.3 Å². The molecule has 25 heavy (non-hydrogen) atoms. The molecule has 0 unspecified atom stereocenters. The highest BCUT2D eigenvalue weighted by molar-refractivity contribution is 5.75. The predicted molar refractivity (Wildman–Crippen MR) is 93.7 cm³/mol. The van der Waals surface area contributed by atoms with Crippen LogP contribution in [0.2, 0.25) is 0 Å². The van der Waals surface area contributed by atoms with Crippen LogP contribution in [0.1, 0.15) is 38.5 Å². The Morgan fingerprint density at radius 1 is 1.20 bits per heavy atom.